The molecule has 5 heteroatoms. The van der Waals surface area contributed by atoms with Crippen LogP contribution in [0.1, 0.15) is 31.2 Å². The van der Waals surface area contributed by atoms with E-state index in [0.29, 0.717) is 26.1 Å². The zero-order valence-electron chi connectivity index (χ0n) is 14.2. The SMILES string of the molecule is O=C(CCc1ccccc1)N1CCCN(C(=O)C2CCCO2)CC1. The first-order chi connectivity index (χ1) is 11.7. The van der Waals surface area contributed by atoms with Gasteiger partial charge in [0.1, 0.15) is 6.10 Å². The Hall–Kier alpha value is -1.88. The smallest absolute Gasteiger partial charge is 0.251 e. The monoisotopic (exact) mass is 330 g/mol. The third-order valence-electron chi connectivity index (χ3n) is 4.84. The number of hydrogen-bond acceptors (Lipinski definition) is 3. The van der Waals surface area contributed by atoms with E-state index in [1.54, 1.807) is 0 Å². The van der Waals surface area contributed by atoms with E-state index in [4.69, 9.17) is 4.74 Å². The maximum atomic E-state index is 12.5. The van der Waals surface area contributed by atoms with Crippen LogP contribution in [0.15, 0.2) is 30.3 Å². The predicted molar refractivity (Wildman–Crippen MR) is 91.5 cm³/mol. The lowest BCUT2D eigenvalue weighted by Gasteiger charge is -2.24. The molecule has 0 N–H and O–H groups in total. The van der Waals surface area contributed by atoms with Crippen LogP contribution in [0.25, 0.3) is 0 Å². The minimum Gasteiger partial charge on any atom is -0.368 e. The van der Waals surface area contributed by atoms with Gasteiger partial charge < -0.3 is 14.5 Å². The molecule has 2 saturated heterocycles. The van der Waals surface area contributed by atoms with Crippen LogP contribution < -0.4 is 0 Å². The molecule has 0 radical (unpaired) electrons. The summed E-state index contributed by atoms with van der Waals surface area (Å²) in [5.41, 5.74) is 1.19. The number of carbonyl (C=O) groups is 2. The first-order valence-corrected chi connectivity index (χ1v) is 8.96. The maximum Gasteiger partial charge on any atom is 0.251 e. The van der Waals surface area contributed by atoms with Gasteiger partial charge in [0.05, 0.1) is 0 Å². The molecule has 1 aromatic rings. The van der Waals surface area contributed by atoms with Gasteiger partial charge in [-0.1, -0.05) is 30.3 Å². The standard InChI is InChI=1S/C19H26N2O3/c22-18(10-9-16-6-2-1-3-7-16)20-11-5-12-21(14-13-20)19(23)17-8-4-15-24-17/h1-3,6-7,17H,4-5,8-15H2. The summed E-state index contributed by atoms with van der Waals surface area (Å²) in [5.74, 6) is 0.288. The molecule has 0 bridgehead atoms. The number of benzene rings is 1. The molecule has 130 valence electrons. The Morgan fingerprint density at radius 3 is 2.50 bits per heavy atom. The number of rotatable bonds is 4. The van der Waals surface area contributed by atoms with Gasteiger partial charge in [-0.25, -0.2) is 0 Å². The highest BCUT2D eigenvalue weighted by molar-refractivity contribution is 5.81. The number of hydrogen-bond donors (Lipinski definition) is 0. The number of aryl methyl sites for hydroxylation is 1. The predicted octanol–water partition coefficient (Wildman–Crippen LogP) is 1.86. The van der Waals surface area contributed by atoms with Crippen LogP contribution in [0.4, 0.5) is 0 Å². The summed E-state index contributed by atoms with van der Waals surface area (Å²) in [4.78, 5) is 28.7. The molecule has 2 amide bonds. The molecule has 1 atom stereocenters. The van der Waals surface area contributed by atoms with Crippen LogP contribution in [-0.4, -0.2) is 60.5 Å². The van der Waals surface area contributed by atoms with E-state index < -0.39 is 0 Å². The fourth-order valence-corrected chi connectivity index (χ4v) is 3.42. The topological polar surface area (TPSA) is 49.9 Å². The summed E-state index contributed by atoms with van der Waals surface area (Å²) in [6.45, 7) is 3.40. The van der Waals surface area contributed by atoms with Crippen molar-refractivity contribution in [2.24, 2.45) is 0 Å². The summed E-state index contributed by atoms with van der Waals surface area (Å²) in [6, 6.07) is 10.1. The van der Waals surface area contributed by atoms with E-state index >= 15 is 0 Å². The molecule has 0 saturated carbocycles. The van der Waals surface area contributed by atoms with Crippen molar-refractivity contribution in [2.75, 3.05) is 32.8 Å². The lowest BCUT2D eigenvalue weighted by atomic mass is 10.1. The third-order valence-corrected chi connectivity index (χ3v) is 4.84. The Balaban J connectivity index is 1.47. The zero-order chi connectivity index (χ0) is 16.8. The summed E-state index contributed by atoms with van der Waals surface area (Å²) in [7, 11) is 0. The molecule has 1 aromatic carbocycles. The van der Waals surface area contributed by atoms with Crippen LogP contribution in [0.2, 0.25) is 0 Å². The van der Waals surface area contributed by atoms with E-state index in [1.807, 2.05) is 28.0 Å². The number of amides is 2. The lowest BCUT2D eigenvalue weighted by Crippen LogP contribution is -2.41. The maximum absolute atomic E-state index is 12.5. The minimum atomic E-state index is -0.259. The Kier molecular flexibility index (Phi) is 5.86. The molecule has 0 aliphatic carbocycles. The average Bonchev–Trinajstić information content (AvgIpc) is 3.04. The Bertz CT molecular complexity index is 555. The van der Waals surface area contributed by atoms with Gasteiger partial charge in [-0.2, -0.15) is 0 Å². The highest BCUT2D eigenvalue weighted by atomic mass is 16.5. The molecular weight excluding hydrogens is 304 g/mol. The summed E-state index contributed by atoms with van der Waals surface area (Å²) >= 11 is 0. The van der Waals surface area contributed by atoms with Crippen LogP contribution >= 0.6 is 0 Å². The number of carbonyl (C=O) groups excluding carboxylic acids is 2. The second-order valence-electron chi connectivity index (χ2n) is 6.55. The van der Waals surface area contributed by atoms with E-state index in [1.165, 1.54) is 5.56 Å². The third kappa shape index (κ3) is 4.35. The average molecular weight is 330 g/mol. The van der Waals surface area contributed by atoms with Gasteiger partial charge in [-0.3, -0.25) is 9.59 Å². The molecule has 2 fully saturated rings. The number of ether oxygens (including phenoxy) is 1. The van der Waals surface area contributed by atoms with Crippen molar-refractivity contribution < 1.29 is 14.3 Å². The van der Waals surface area contributed by atoms with E-state index in [-0.39, 0.29) is 17.9 Å². The van der Waals surface area contributed by atoms with Gasteiger partial charge in [0.2, 0.25) is 5.91 Å². The van der Waals surface area contributed by atoms with Gasteiger partial charge in [-0.05, 0) is 31.2 Å². The molecule has 2 aliphatic heterocycles. The van der Waals surface area contributed by atoms with Crippen molar-refractivity contribution in [2.45, 2.75) is 38.2 Å². The fourth-order valence-electron chi connectivity index (χ4n) is 3.42. The molecule has 5 nitrogen and oxygen atoms in total. The minimum absolute atomic E-state index is 0.103. The zero-order valence-corrected chi connectivity index (χ0v) is 14.2. The van der Waals surface area contributed by atoms with Crippen molar-refractivity contribution in [1.29, 1.82) is 0 Å². The quantitative estimate of drug-likeness (QED) is 0.847. The summed E-state index contributed by atoms with van der Waals surface area (Å²) in [6.07, 6.45) is 3.68. The van der Waals surface area contributed by atoms with Crippen molar-refractivity contribution in [3.8, 4) is 0 Å². The van der Waals surface area contributed by atoms with Gasteiger partial charge in [0.25, 0.3) is 5.91 Å². The molecule has 0 spiro atoms. The lowest BCUT2D eigenvalue weighted by molar-refractivity contribution is -0.141. The summed E-state index contributed by atoms with van der Waals surface area (Å²) in [5, 5.41) is 0. The van der Waals surface area contributed by atoms with Crippen LogP contribution in [0, 0.1) is 0 Å². The molecule has 3 rings (SSSR count). The van der Waals surface area contributed by atoms with Crippen molar-refractivity contribution in [3.63, 3.8) is 0 Å². The molecule has 2 heterocycles. The van der Waals surface area contributed by atoms with E-state index in [0.717, 1.165) is 38.8 Å². The van der Waals surface area contributed by atoms with Gasteiger partial charge in [-0.15, -0.1) is 0 Å². The van der Waals surface area contributed by atoms with Gasteiger partial charge >= 0.3 is 0 Å². The number of nitrogens with zero attached hydrogens (tertiary/aromatic N) is 2. The first kappa shape index (κ1) is 17.0. The molecule has 2 aliphatic rings. The van der Waals surface area contributed by atoms with Crippen molar-refractivity contribution in [3.05, 3.63) is 35.9 Å². The van der Waals surface area contributed by atoms with E-state index in [2.05, 4.69) is 12.1 Å². The fraction of sp³-hybridized carbons (Fsp3) is 0.579. The second-order valence-corrected chi connectivity index (χ2v) is 6.55. The second kappa shape index (κ2) is 8.29. The van der Waals surface area contributed by atoms with Crippen molar-refractivity contribution in [1.82, 2.24) is 9.80 Å². The van der Waals surface area contributed by atoms with Crippen LogP contribution in [-0.2, 0) is 20.7 Å². The Labute approximate surface area is 143 Å². The molecule has 0 aromatic heterocycles. The van der Waals surface area contributed by atoms with Crippen LogP contribution in [0.3, 0.4) is 0 Å². The molecule has 1 unspecified atom stereocenters. The van der Waals surface area contributed by atoms with Gasteiger partial charge in [0.15, 0.2) is 0 Å². The Morgan fingerprint density at radius 2 is 1.75 bits per heavy atom. The Morgan fingerprint density at radius 1 is 1.00 bits per heavy atom. The normalized spacial score (nSPS) is 21.6. The largest absolute Gasteiger partial charge is 0.368 e. The molecule has 24 heavy (non-hydrogen) atoms. The van der Waals surface area contributed by atoms with Gasteiger partial charge in [0, 0.05) is 39.2 Å². The highest BCUT2D eigenvalue weighted by Crippen LogP contribution is 2.16. The van der Waals surface area contributed by atoms with E-state index in [9.17, 15) is 9.59 Å². The van der Waals surface area contributed by atoms with Crippen LogP contribution in [0.5, 0.6) is 0 Å². The van der Waals surface area contributed by atoms with Crippen molar-refractivity contribution >= 4 is 11.8 Å². The highest BCUT2D eigenvalue weighted by Gasteiger charge is 2.29. The first-order valence-electron chi connectivity index (χ1n) is 8.96. The molecular formula is C19H26N2O3. The summed E-state index contributed by atoms with van der Waals surface area (Å²) < 4.78 is 5.50.